The molecular formula is C10H16N4O3. The van der Waals surface area contributed by atoms with E-state index in [9.17, 15) is 14.4 Å². The number of carbonyl (C=O) groups excluding carboxylic acids is 3. The Kier molecular flexibility index (Phi) is 3.28. The van der Waals surface area contributed by atoms with E-state index in [0.717, 1.165) is 19.4 Å². The lowest BCUT2D eigenvalue weighted by Crippen LogP contribution is -2.66. The summed E-state index contributed by atoms with van der Waals surface area (Å²) in [7, 11) is 0. The first kappa shape index (κ1) is 11.8. The van der Waals surface area contributed by atoms with Crippen molar-refractivity contribution >= 4 is 17.7 Å². The largest absolute Gasteiger partial charge is 0.368 e. The molecule has 0 saturated carbocycles. The van der Waals surface area contributed by atoms with E-state index in [1.807, 2.05) is 0 Å². The van der Waals surface area contributed by atoms with Gasteiger partial charge in [0, 0.05) is 0 Å². The zero-order valence-electron chi connectivity index (χ0n) is 9.44. The van der Waals surface area contributed by atoms with Crippen LogP contribution in [0.5, 0.6) is 0 Å². The van der Waals surface area contributed by atoms with Crippen LogP contribution < -0.4 is 16.4 Å². The minimum atomic E-state index is -0.541. The summed E-state index contributed by atoms with van der Waals surface area (Å²) in [5, 5.41) is 5.72. The molecule has 2 saturated heterocycles. The standard InChI is InChI=1S/C10H16N4O3/c11-8(15)5-14-4-7(10(14)17)13-9(16)6-2-1-3-12-6/h6-7,12H,1-5H2,(H2,11,15)(H,13,16)/t6?,7-/m0/s1. The second-order valence-corrected chi connectivity index (χ2v) is 4.40. The highest BCUT2D eigenvalue weighted by molar-refractivity contribution is 5.95. The van der Waals surface area contributed by atoms with Gasteiger partial charge < -0.3 is 21.3 Å². The van der Waals surface area contributed by atoms with Crippen LogP contribution in [0.4, 0.5) is 0 Å². The molecule has 7 heteroatoms. The second kappa shape index (κ2) is 4.70. The van der Waals surface area contributed by atoms with Gasteiger partial charge in [0.2, 0.25) is 17.7 Å². The molecule has 2 fully saturated rings. The Morgan fingerprint density at radius 2 is 2.29 bits per heavy atom. The number of hydrogen-bond acceptors (Lipinski definition) is 4. The molecule has 0 spiro atoms. The Balaban J connectivity index is 1.76. The number of primary amides is 1. The third kappa shape index (κ3) is 2.55. The zero-order chi connectivity index (χ0) is 12.4. The Hall–Kier alpha value is -1.63. The van der Waals surface area contributed by atoms with Crippen molar-refractivity contribution in [3.8, 4) is 0 Å². The highest BCUT2D eigenvalue weighted by atomic mass is 16.2. The summed E-state index contributed by atoms with van der Waals surface area (Å²) >= 11 is 0. The maximum Gasteiger partial charge on any atom is 0.247 e. The van der Waals surface area contributed by atoms with E-state index in [1.54, 1.807) is 0 Å². The van der Waals surface area contributed by atoms with Gasteiger partial charge in [0.25, 0.3) is 0 Å². The van der Waals surface area contributed by atoms with Crippen molar-refractivity contribution in [1.29, 1.82) is 0 Å². The normalized spacial score (nSPS) is 27.8. The van der Waals surface area contributed by atoms with Gasteiger partial charge in [0.1, 0.15) is 6.04 Å². The van der Waals surface area contributed by atoms with Crippen LogP contribution in [0.2, 0.25) is 0 Å². The fourth-order valence-corrected chi connectivity index (χ4v) is 2.12. The summed E-state index contributed by atoms with van der Waals surface area (Å²) in [4.78, 5) is 35.2. The van der Waals surface area contributed by atoms with Crippen LogP contribution in [-0.4, -0.2) is 54.3 Å². The molecule has 0 bridgehead atoms. The molecule has 4 N–H and O–H groups in total. The summed E-state index contributed by atoms with van der Waals surface area (Å²) in [6.45, 7) is 1.12. The zero-order valence-corrected chi connectivity index (χ0v) is 9.44. The fraction of sp³-hybridized carbons (Fsp3) is 0.700. The molecule has 0 radical (unpaired) electrons. The number of β-lactam (4-membered cyclic amide) rings is 1. The maximum atomic E-state index is 11.7. The van der Waals surface area contributed by atoms with E-state index in [1.165, 1.54) is 4.90 Å². The number of nitrogens with two attached hydrogens (primary N) is 1. The van der Waals surface area contributed by atoms with Crippen molar-refractivity contribution < 1.29 is 14.4 Å². The predicted octanol–water partition coefficient (Wildman–Crippen LogP) is -2.45. The lowest BCUT2D eigenvalue weighted by Gasteiger charge is -2.38. The topological polar surface area (TPSA) is 105 Å². The van der Waals surface area contributed by atoms with Crippen LogP contribution >= 0.6 is 0 Å². The number of nitrogens with zero attached hydrogens (tertiary/aromatic N) is 1. The lowest BCUT2D eigenvalue weighted by molar-refractivity contribution is -0.149. The van der Waals surface area contributed by atoms with Gasteiger partial charge in [-0.2, -0.15) is 0 Å². The number of amides is 3. The van der Waals surface area contributed by atoms with Crippen LogP contribution in [-0.2, 0) is 14.4 Å². The van der Waals surface area contributed by atoms with E-state index in [4.69, 9.17) is 5.73 Å². The van der Waals surface area contributed by atoms with E-state index < -0.39 is 11.9 Å². The smallest absolute Gasteiger partial charge is 0.247 e. The Bertz CT molecular complexity index is 351. The molecule has 0 aromatic heterocycles. The van der Waals surface area contributed by atoms with Gasteiger partial charge in [0.15, 0.2) is 0 Å². The summed E-state index contributed by atoms with van der Waals surface area (Å²) in [5.41, 5.74) is 4.98. The molecular weight excluding hydrogens is 224 g/mol. The van der Waals surface area contributed by atoms with Crippen LogP contribution in [0.15, 0.2) is 0 Å². The van der Waals surface area contributed by atoms with Gasteiger partial charge in [0.05, 0.1) is 19.1 Å². The third-order valence-corrected chi connectivity index (χ3v) is 3.05. The SMILES string of the molecule is NC(=O)CN1C[C@H](NC(=O)C2CCCN2)C1=O. The average molecular weight is 240 g/mol. The molecule has 7 nitrogen and oxygen atoms in total. The monoisotopic (exact) mass is 240 g/mol. The van der Waals surface area contributed by atoms with Crippen LogP contribution in [0.25, 0.3) is 0 Å². The Morgan fingerprint density at radius 1 is 1.53 bits per heavy atom. The van der Waals surface area contributed by atoms with Crippen LogP contribution in [0.3, 0.4) is 0 Å². The maximum absolute atomic E-state index is 11.7. The highest BCUT2D eigenvalue weighted by Gasteiger charge is 2.39. The molecule has 0 aromatic carbocycles. The second-order valence-electron chi connectivity index (χ2n) is 4.40. The summed E-state index contributed by atoms with van der Waals surface area (Å²) in [6, 6.07) is -0.683. The van der Waals surface area contributed by atoms with Crippen molar-refractivity contribution in [1.82, 2.24) is 15.5 Å². The molecule has 2 rings (SSSR count). The molecule has 2 atom stereocenters. The van der Waals surface area contributed by atoms with Crippen molar-refractivity contribution in [2.24, 2.45) is 5.73 Å². The van der Waals surface area contributed by atoms with Gasteiger partial charge in [-0.15, -0.1) is 0 Å². The molecule has 0 aromatic rings. The molecule has 1 unspecified atom stereocenters. The van der Waals surface area contributed by atoms with Gasteiger partial charge in [-0.25, -0.2) is 0 Å². The van der Waals surface area contributed by atoms with Crippen LogP contribution in [0.1, 0.15) is 12.8 Å². The minimum Gasteiger partial charge on any atom is -0.368 e. The van der Waals surface area contributed by atoms with Gasteiger partial charge in [-0.1, -0.05) is 0 Å². The van der Waals surface area contributed by atoms with Gasteiger partial charge in [-0.3, -0.25) is 14.4 Å². The number of likely N-dealkylation sites (tertiary alicyclic amines) is 1. The van der Waals surface area contributed by atoms with E-state index in [2.05, 4.69) is 10.6 Å². The summed E-state index contributed by atoms with van der Waals surface area (Å²) < 4.78 is 0. The first-order valence-electron chi connectivity index (χ1n) is 5.69. The van der Waals surface area contributed by atoms with Crippen molar-refractivity contribution in [3.63, 3.8) is 0 Å². The van der Waals surface area contributed by atoms with Crippen LogP contribution in [0, 0.1) is 0 Å². The molecule has 2 aliphatic rings. The van der Waals surface area contributed by atoms with Gasteiger partial charge in [-0.05, 0) is 19.4 Å². The molecule has 2 heterocycles. The third-order valence-electron chi connectivity index (χ3n) is 3.05. The molecule has 2 aliphatic heterocycles. The average Bonchev–Trinajstić information content (AvgIpc) is 2.80. The summed E-state index contributed by atoms with van der Waals surface area (Å²) in [6.07, 6.45) is 1.78. The summed E-state index contributed by atoms with van der Waals surface area (Å²) in [5.74, 6) is -0.921. The van der Waals surface area contributed by atoms with Gasteiger partial charge >= 0.3 is 0 Å². The molecule has 17 heavy (non-hydrogen) atoms. The lowest BCUT2D eigenvalue weighted by atomic mass is 10.1. The van der Waals surface area contributed by atoms with E-state index >= 15 is 0 Å². The number of hydrogen-bond donors (Lipinski definition) is 3. The molecule has 0 aliphatic carbocycles. The first-order chi connectivity index (χ1) is 8.08. The molecule has 94 valence electrons. The first-order valence-corrected chi connectivity index (χ1v) is 5.69. The number of carbonyl (C=O) groups is 3. The van der Waals surface area contributed by atoms with Crippen molar-refractivity contribution in [2.45, 2.75) is 24.9 Å². The fourth-order valence-electron chi connectivity index (χ4n) is 2.12. The van der Waals surface area contributed by atoms with E-state index in [-0.39, 0.29) is 24.4 Å². The molecule has 3 amide bonds. The highest BCUT2D eigenvalue weighted by Crippen LogP contribution is 2.11. The Labute approximate surface area is 98.7 Å². The minimum absolute atomic E-state index is 0.0765. The van der Waals surface area contributed by atoms with Crippen molar-refractivity contribution in [2.75, 3.05) is 19.6 Å². The quantitative estimate of drug-likeness (QED) is 0.474. The van der Waals surface area contributed by atoms with E-state index in [0.29, 0.717) is 6.54 Å². The predicted molar refractivity (Wildman–Crippen MR) is 58.7 cm³/mol. The number of rotatable bonds is 4. The number of nitrogens with one attached hydrogen (secondary N) is 2. The Morgan fingerprint density at radius 3 is 2.82 bits per heavy atom. The van der Waals surface area contributed by atoms with Crippen molar-refractivity contribution in [3.05, 3.63) is 0 Å².